The molecule has 7 heteroatoms. The predicted octanol–water partition coefficient (Wildman–Crippen LogP) is 4.61. The molecule has 2 aromatic rings. The summed E-state index contributed by atoms with van der Waals surface area (Å²) in [6.45, 7) is 6.88. The Morgan fingerprint density at radius 1 is 1.07 bits per heavy atom. The van der Waals surface area contributed by atoms with E-state index < -0.39 is 11.7 Å². The van der Waals surface area contributed by atoms with Crippen molar-refractivity contribution in [1.82, 2.24) is 4.90 Å². The van der Waals surface area contributed by atoms with E-state index in [-0.39, 0.29) is 12.2 Å². The van der Waals surface area contributed by atoms with Crippen LogP contribution in [0.1, 0.15) is 32.4 Å². The Labute approximate surface area is 170 Å². The fraction of sp³-hybridized carbons (Fsp3) is 0.364. The van der Waals surface area contributed by atoms with Gasteiger partial charge in [0.2, 0.25) is 0 Å². The van der Waals surface area contributed by atoms with Crippen LogP contribution in [0.5, 0.6) is 5.75 Å². The number of anilines is 1. The zero-order valence-corrected chi connectivity index (χ0v) is 16.9. The molecular formula is C22H26N2O5. The molecule has 0 saturated carbocycles. The van der Waals surface area contributed by atoms with E-state index in [1.54, 1.807) is 41.3 Å². The lowest BCUT2D eigenvalue weighted by atomic mass is 10.1. The van der Waals surface area contributed by atoms with Gasteiger partial charge in [-0.1, -0.05) is 30.3 Å². The van der Waals surface area contributed by atoms with Crippen molar-refractivity contribution < 1.29 is 23.8 Å². The number of rotatable bonds is 3. The van der Waals surface area contributed by atoms with Crippen LogP contribution in [0.4, 0.5) is 15.3 Å². The number of hydrogen-bond acceptors (Lipinski definition) is 5. The van der Waals surface area contributed by atoms with Crippen molar-refractivity contribution >= 4 is 17.9 Å². The number of carbonyl (C=O) groups excluding carboxylic acids is 2. The van der Waals surface area contributed by atoms with Gasteiger partial charge in [0, 0.05) is 12.2 Å². The van der Waals surface area contributed by atoms with Crippen LogP contribution < -0.4 is 10.1 Å². The minimum Gasteiger partial charge on any atom is -0.444 e. The first-order valence-electron chi connectivity index (χ1n) is 9.53. The molecule has 0 aromatic heterocycles. The van der Waals surface area contributed by atoms with Gasteiger partial charge in [0.05, 0.1) is 13.2 Å². The molecule has 1 aliphatic heterocycles. The Hall–Kier alpha value is -3.06. The zero-order valence-electron chi connectivity index (χ0n) is 16.9. The lowest BCUT2D eigenvalue weighted by molar-refractivity contribution is -0.0432. The third-order valence-corrected chi connectivity index (χ3v) is 4.20. The molecule has 1 aliphatic rings. The molecule has 0 radical (unpaired) electrons. The number of hydrogen-bond donors (Lipinski definition) is 1. The maximum atomic E-state index is 12.3. The lowest BCUT2D eigenvalue weighted by Gasteiger charge is -2.34. The Morgan fingerprint density at radius 3 is 2.41 bits per heavy atom. The zero-order chi connectivity index (χ0) is 20.9. The van der Waals surface area contributed by atoms with E-state index in [0.717, 1.165) is 5.56 Å². The van der Waals surface area contributed by atoms with E-state index in [4.69, 9.17) is 14.2 Å². The number of nitrogens with zero attached hydrogens (tertiary/aromatic N) is 1. The molecular weight excluding hydrogens is 372 g/mol. The van der Waals surface area contributed by atoms with Gasteiger partial charge in [0.15, 0.2) is 0 Å². The summed E-state index contributed by atoms with van der Waals surface area (Å²) in [4.78, 5) is 25.9. The van der Waals surface area contributed by atoms with Crippen molar-refractivity contribution in [2.75, 3.05) is 25.0 Å². The average Bonchev–Trinajstić information content (AvgIpc) is 2.68. The normalized spacial score (nSPS) is 16.8. The van der Waals surface area contributed by atoms with Crippen molar-refractivity contribution in [3.63, 3.8) is 0 Å². The van der Waals surface area contributed by atoms with Crippen molar-refractivity contribution in [2.45, 2.75) is 32.5 Å². The quantitative estimate of drug-likeness (QED) is 0.817. The van der Waals surface area contributed by atoms with Gasteiger partial charge in [-0.2, -0.15) is 0 Å². The topological polar surface area (TPSA) is 77.1 Å². The molecule has 0 bridgehead atoms. The number of benzene rings is 2. The smallest absolute Gasteiger partial charge is 0.417 e. The first-order valence-corrected chi connectivity index (χ1v) is 9.53. The van der Waals surface area contributed by atoms with Crippen LogP contribution in [0, 0.1) is 0 Å². The van der Waals surface area contributed by atoms with Crippen LogP contribution in [-0.2, 0) is 9.47 Å². The third-order valence-electron chi connectivity index (χ3n) is 4.20. The standard InChI is InChI=1S/C22H26N2O5/c1-22(2,3)29-21(26)24-13-14-27-19(15-24)16-9-11-17(12-10-16)23-20(25)28-18-7-5-4-6-8-18/h4-12,19H,13-15H2,1-3H3,(H,23,25). The molecule has 154 valence electrons. The summed E-state index contributed by atoms with van der Waals surface area (Å²) in [6.07, 6.45) is -1.15. The van der Waals surface area contributed by atoms with Crippen LogP contribution in [0.2, 0.25) is 0 Å². The molecule has 0 spiro atoms. The number of nitrogens with one attached hydrogen (secondary N) is 1. The summed E-state index contributed by atoms with van der Waals surface area (Å²) >= 11 is 0. The SMILES string of the molecule is CC(C)(C)OC(=O)N1CCOC(c2ccc(NC(=O)Oc3ccccc3)cc2)C1. The van der Waals surface area contributed by atoms with Crippen LogP contribution in [0.3, 0.4) is 0 Å². The van der Waals surface area contributed by atoms with Gasteiger partial charge in [-0.05, 0) is 50.6 Å². The Morgan fingerprint density at radius 2 is 1.76 bits per heavy atom. The third kappa shape index (κ3) is 6.22. The number of amides is 2. The molecule has 1 unspecified atom stereocenters. The molecule has 2 aromatic carbocycles. The summed E-state index contributed by atoms with van der Waals surface area (Å²) < 4.78 is 16.5. The van der Waals surface area contributed by atoms with Crippen LogP contribution >= 0.6 is 0 Å². The Balaban J connectivity index is 1.56. The molecule has 1 fully saturated rings. The molecule has 0 aliphatic carbocycles. The molecule has 1 atom stereocenters. The number of para-hydroxylation sites is 1. The van der Waals surface area contributed by atoms with Gasteiger partial charge < -0.3 is 19.1 Å². The van der Waals surface area contributed by atoms with Gasteiger partial charge in [-0.25, -0.2) is 9.59 Å². The second-order valence-electron chi connectivity index (χ2n) is 7.74. The second-order valence-corrected chi connectivity index (χ2v) is 7.74. The highest BCUT2D eigenvalue weighted by Crippen LogP contribution is 2.25. The van der Waals surface area contributed by atoms with E-state index in [1.807, 2.05) is 39.0 Å². The molecule has 29 heavy (non-hydrogen) atoms. The highest BCUT2D eigenvalue weighted by atomic mass is 16.6. The fourth-order valence-corrected chi connectivity index (χ4v) is 2.86. The maximum absolute atomic E-state index is 12.3. The fourth-order valence-electron chi connectivity index (χ4n) is 2.86. The van der Waals surface area contributed by atoms with Crippen molar-refractivity contribution in [3.05, 3.63) is 60.2 Å². The highest BCUT2D eigenvalue weighted by molar-refractivity contribution is 5.86. The monoisotopic (exact) mass is 398 g/mol. The summed E-state index contributed by atoms with van der Waals surface area (Å²) in [5.74, 6) is 0.472. The van der Waals surface area contributed by atoms with Gasteiger partial charge in [-0.3, -0.25) is 5.32 Å². The minimum atomic E-state index is -0.561. The summed E-state index contributed by atoms with van der Waals surface area (Å²) in [6, 6.07) is 16.1. The largest absolute Gasteiger partial charge is 0.444 e. The lowest BCUT2D eigenvalue weighted by Crippen LogP contribution is -2.44. The number of morpholine rings is 1. The summed E-state index contributed by atoms with van der Waals surface area (Å²) in [5, 5.41) is 2.69. The first kappa shape index (κ1) is 20.7. The molecule has 7 nitrogen and oxygen atoms in total. The van der Waals surface area contributed by atoms with Gasteiger partial charge >= 0.3 is 12.2 Å². The summed E-state index contributed by atoms with van der Waals surface area (Å²) in [5.41, 5.74) is 0.988. The van der Waals surface area contributed by atoms with Gasteiger partial charge in [0.25, 0.3) is 0 Å². The van der Waals surface area contributed by atoms with Crippen LogP contribution in [0.25, 0.3) is 0 Å². The van der Waals surface area contributed by atoms with Crippen molar-refractivity contribution in [1.29, 1.82) is 0 Å². The van der Waals surface area contributed by atoms with Gasteiger partial charge in [0.1, 0.15) is 17.5 Å². The van der Waals surface area contributed by atoms with Crippen molar-refractivity contribution in [2.24, 2.45) is 0 Å². The molecule has 3 rings (SSSR count). The van der Waals surface area contributed by atoms with E-state index >= 15 is 0 Å². The average molecular weight is 398 g/mol. The second kappa shape index (κ2) is 8.96. The Kier molecular flexibility index (Phi) is 6.39. The number of carbonyl (C=O) groups is 2. The first-order chi connectivity index (χ1) is 13.8. The molecule has 1 N–H and O–H groups in total. The number of ether oxygens (including phenoxy) is 3. The molecule has 1 heterocycles. The van der Waals surface area contributed by atoms with E-state index in [2.05, 4.69) is 5.32 Å². The van der Waals surface area contributed by atoms with Crippen LogP contribution in [-0.4, -0.2) is 42.4 Å². The molecule has 1 saturated heterocycles. The Bertz CT molecular complexity index is 831. The van der Waals surface area contributed by atoms with Crippen molar-refractivity contribution in [3.8, 4) is 5.75 Å². The van der Waals surface area contributed by atoms with Crippen LogP contribution in [0.15, 0.2) is 54.6 Å². The van der Waals surface area contributed by atoms with Gasteiger partial charge in [-0.15, -0.1) is 0 Å². The predicted molar refractivity (Wildman–Crippen MR) is 109 cm³/mol. The maximum Gasteiger partial charge on any atom is 0.417 e. The van der Waals surface area contributed by atoms with E-state index in [1.165, 1.54) is 0 Å². The summed E-state index contributed by atoms with van der Waals surface area (Å²) in [7, 11) is 0. The minimum absolute atomic E-state index is 0.249. The highest BCUT2D eigenvalue weighted by Gasteiger charge is 2.28. The van der Waals surface area contributed by atoms with E-state index in [9.17, 15) is 9.59 Å². The van der Waals surface area contributed by atoms with E-state index in [0.29, 0.717) is 31.1 Å². The molecule has 2 amide bonds.